The molecule has 1 N–H and O–H groups in total. The van der Waals surface area contributed by atoms with Crippen LogP contribution in [-0.2, 0) is 0 Å². The quantitative estimate of drug-likeness (QED) is 0.715. The average molecular weight is 367 g/mol. The second kappa shape index (κ2) is 7.92. The summed E-state index contributed by atoms with van der Waals surface area (Å²) in [6.45, 7) is 6.48. The molecule has 1 fully saturated rings. The molecule has 0 atom stereocenters. The lowest BCUT2D eigenvalue weighted by Crippen LogP contribution is -2.36. The molecule has 0 radical (unpaired) electrons. The largest absolute Gasteiger partial charge is 0.496 e. The maximum Gasteiger partial charge on any atom is 0.263 e. The number of fused-ring (bicyclic) bond motifs is 1. The van der Waals surface area contributed by atoms with Crippen LogP contribution in [0.1, 0.15) is 19.8 Å². The molecular weight excluding hydrogens is 342 g/mol. The first kappa shape index (κ1) is 17.7. The summed E-state index contributed by atoms with van der Waals surface area (Å²) in [5.41, 5.74) is 2.03. The van der Waals surface area contributed by atoms with Crippen molar-refractivity contribution in [1.29, 1.82) is 0 Å². The standard InChI is InChI=1S/C20H25N5O2/c1-14-7-10-25(11-8-14)12-9-21-19-17-18(24-27-20(17)23-13-22-19)15-5-3-4-6-16(15)26-2/h3-6,13-14H,7-12H2,1-2H3,(H,21,22,23). The first-order valence-corrected chi connectivity index (χ1v) is 9.46. The number of methoxy groups -OCH3 is 1. The van der Waals surface area contributed by atoms with E-state index in [1.54, 1.807) is 7.11 Å². The minimum absolute atomic E-state index is 0.472. The number of aromatic nitrogens is 3. The molecule has 7 heteroatoms. The molecule has 1 aliphatic heterocycles. The van der Waals surface area contributed by atoms with Gasteiger partial charge in [0.25, 0.3) is 5.71 Å². The Labute approximate surface area is 158 Å². The summed E-state index contributed by atoms with van der Waals surface area (Å²) in [7, 11) is 1.65. The molecule has 0 amide bonds. The minimum atomic E-state index is 0.472. The highest BCUT2D eigenvalue weighted by atomic mass is 16.5. The normalized spacial score (nSPS) is 15.9. The van der Waals surface area contributed by atoms with Crippen molar-refractivity contribution in [2.24, 2.45) is 5.92 Å². The van der Waals surface area contributed by atoms with Crippen molar-refractivity contribution in [3.05, 3.63) is 30.6 Å². The van der Waals surface area contributed by atoms with Crippen LogP contribution >= 0.6 is 0 Å². The molecule has 142 valence electrons. The number of rotatable bonds is 6. The highest BCUT2D eigenvalue weighted by molar-refractivity contribution is 5.98. The molecule has 27 heavy (non-hydrogen) atoms. The van der Waals surface area contributed by atoms with Crippen LogP contribution in [0.2, 0.25) is 0 Å². The van der Waals surface area contributed by atoms with Crippen molar-refractivity contribution >= 4 is 16.9 Å². The lowest BCUT2D eigenvalue weighted by molar-refractivity contribution is 0.199. The summed E-state index contributed by atoms with van der Waals surface area (Å²) in [5, 5.41) is 8.47. The van der Waals surface area contributed by atoms with E-state index in [-0.39, 0.29) is 0 Å². The first-order chi connectivity index (χ1) is 13.3. The Balaban J connectivity index is 1.56. The van der Waals surface area contributed by atoms with Crippen molar-refractivity contribution in [3.8, 4) is 17.0 Å². The van der Waals surface area contributed by atoms with Crippen LogP contribution < -0.4 is 10.1 Å². The van der Waals surface area contributed by atoms with Gasteiger partial charge in [-0.05, 0) is 44.0 Å². The van der Waals surface area contributed by atoms with Gasteiger partial charge in [0, 0.05) is 18.7 Å². The fraction of sp³-hybridized carbons (Fsp3) is 0.450. The van der Waals surface area contributed by atoms with E-state index in [1.807, 2.05) is 24.3 Å². The smallest absolute Gasteiger partial charge is 0.263 e. The first-order valence-electron chi connectivity index (χ1n) is 9.46. The predicted octanol–water partition coefficient (Wildman–Crippen LogP) is 3.44. The number of anilines is 1. The zero-order chi connectivity index (χ0) is 18.6. The lowest BCUT2D eigenvalue weighted by Gasteiger charge is -2.30. The number of nitrogens with zero attached hydrogens (tertiary/aromatic N) is 4. The number of hydrogen-bond acceptors (Lipinski definition) is 7. The van der Waals surface area contributed by atoms with Crippen LogP contribution in [0.25, 0.3) is 22.4 Å². The van der Waals surface area contributed by atoms with Gasteiger partial charge in [0.05, 0.1) is 7.11 Å². The fourth-order valence-electron chi connectivity index (χ4n) is 3.56. The summed E-state index contributed by atoms with van der Waals surface area (Å²) >= 11 is 0. The molecule has 0 unspecified atom stereocenters. The van der Waals surface area contributed by atoms with Gasteiger partial charge < -0.3 is 19.5 Å². The summed E-state index contributed by atoms with van der Waals surface area (Å²) in [4.78, 5) is 11.2. The topological polar surface area (TPSA) is 76.3 Å². The Kier molecular flexibility index (Phi) is 5.20. The Bertz CT molecular complexity index is 902. The second-order valence-corrected chi connectivity index (χ2v) is 7.08. The average Bonchev–Trinajstić information content (AvgIpc) is 3.14. The van der Waals surface area contributed by atoms with Crippen LogP contribution in [0, 0.1) is 5.92 Å². The monoisotopic (exact) mass is 367 g/mol. The van der Waals surface area contributed by atoms with E-state index in [0.29, 0.717) is 11.4 Å². The van der Waals surface area contributed by atoms with Gasteiger partial charge in [0.2, 0.25) is 0 Å². The van der Waals surface area contributed by atoms with Crippen LogP contribution in [0.3, 0.4) is 0 Å². The highest BCUT2D eigenvalue weighted by Crippen LogP contribution is 2.36. The van der Waals surface area contributed by atoms with E-state index < -0.39 is 0 Å². The second-order valence-electron chi connectivity index (χ2n) is 7.08. The van der Waals surface area contributed by atoms with Gasteiger partial charge in [0.1, 0.15) is 29.0 Å². The summed E-state index contributed by atoms with van der Waals surface area (Å²) in [6.07, 6.45) is 4.06. The van der Waals surface area contributed by atoms with Crippen LogP contribution in [-0.4, -0.2) is 53.3 Å². The maximum absolute atomic E-state index is 5.48. The van der Waals surface area contributed by atoms with Crippen molar-refractivity contribution in [1.82, 2.24) is 20.0 Å². The third kappa shape index (κ3) is 3.73. The van der Waals surface area contributed by atoms with Crippen molar-refractivity contribution < 1.29 is 9.26 Å². The number of benzene rings is 1. The molecule has 2 aromatic heterocycles. The zero-order valence-electron chi connectivity index (χ0n) is 15.8. The lowest BCUT2D eigenvalue weighted by atomic mass is 9.99. The Hall–Kier alpha value is -2.67. The van der Waals surface area contributed by atoms with Crippen molar-refractivity contribution in [3.63, 3.8) is 0 Å². The van der Waals surface area contributed by atoms with E-state index in [9.17, 15) is 0 Å². The molecule has 0 aliphatic carbocycles. The van der Waals surface area contributed by atoms with Crippen molar-refractivity contribution in [2.45, 2.75) is 19.8 Å². The molecule has 4 rings (SSSR count). The Morgan fingerprint density at radius 3 is 2.85 bits per heavy atom. The number of likely N-dealkylation sites (tertiary alicyclic amines) is 1. The number of piperidine rings is 1. The van der Waals surface area contributed by atoms with E-state index >= 15 is 0 Å². The number of hydrogen-bond donors (Lipinski definition) is 1. The van der Waals surface area contributed by atoms with Gasteiger partial charge in [-0.3, -0.25) is 0 Å². The zero-order valence-corrected chi connectivity index (χ0v) is 15.8. The van der Waals surface area contributed by atoms with Gasteiger partial charge in [0.15, 0.2) is 0 Å². The third-order valence-electron chi connectivity index (χ3n) is 5.23. The van der Waals surface area contributed by atoms with Gasteiger partial charge in [-0.1, -0.05) is 24.2 Å². The van der Waals surface area contributed by atoms with E-state index in [1.165, 1.54) is 32.3 Å². The SMILES string of the molecule is COc1ccccc1-c1noc2ncnc(NCCN3CCC(C)CC3)c12. The molecule has 0 saturated carbocycles. The van der Waals surface area contributed by atoms with Crippen LogP contribution in [0.15, 0.2) is 35.1 Å². The van der Waals surface area contributed by atoms with Crippen molar-refractivity contribution in [2.75, 3.05) is 38.6 Å². The molecule has 1 aromatic carbocycles. The highest BCUT2D eigenvalue weighted by Gasteiger charge is 2.20. The Morgan fingerprint density at radius 2 is 2.04 bits per heavy atom. The van der Waals surface area contributed by atoms with Crippen LogP contribution in [0.5, 0.6) is 5.75 Å². The molecule has 0 bridgehead atoms. The molecular formula is C20H25N5O2. The maximum atomic E-state index is 5.48. The molecule has 3 heterocycles. The molecule has 0 spiro atoms. The number of nitrogens with one attached hydrogen (secondary N) is 1. The number of ether oxygens (including phenoxy) is 1. The molecule has 3 aromatic rings. The van der Waals surface area contributed by atoms with Gasteiger partial charge in [-0.25, -0.2) is 4.98 Å². The summed E-state index contributed by atoms with van der Waals surface area (Å²) in [6, 6.07) is 7.75. The summed E-state index contributed by atoms with van der Waals surface area (Å²) < 4.78 is 10.9. The molecule has 1 aliphatic rings. The van der Waals surface area contributed by atoms with Gasteiger partial charge in [-0.15, -0.1) is 0 Å². The third-order valence-corrected chi connectivity index (χ3v) is 5.23. The summed E-state index contributed by atoms with van der Waals surface area (Å²) in [5.74, 6) is 2.33. The van der Waals surface area contributed by atoms with Gasteiger partial charge >= 0.3 is 0 Å². The Morgan fingerprint density at radius 1 is 1.22 bits per heavy atom. The van der Waals surface area contributed by atoms with Gasteiger partial charge in [-0.2, -0.15) is 4.98 Å². The predicted molar refractivity (Wildman–Crippen MR) is 105 cm³/mol. The number of para-hydroxylation sites is 1. The molecule has 7 nitrogen and oxygen atoms in total. The van der Waals surface area contributed by atoms with E-state index in [4.69, 9.17) is 9.26 Å². The molecule has 1 saturated heterocycles. The van der Waals surface area contributed by atoms with E-state index in [0.717, 1.165) is 41.5 Å². The minimum Gasteiger partial charge on any atom is -0.496 e. The van der Waals surface area contributed by atoms with E-state index in [2.05, 4.69) is 32.3 Å². The van der Waals surface area contributed by atoms with Crippen LogP contribution in [0.4, 0.5) is 5.82 Å². The fourth-order valence-corrected chi connectivity index (χ4v) is 3.56.